The molecule has 38 heavy (non-hydrogen) atoms. The van der Waals surface area contributed by atoms with Crippen molar-refractivity contribution < 1.29 is 19.1 Å². The van der Waals surface area contributed by atoms with E-state index in [4.69, 9.17) is 20.8 Å². The molecule has 0 radical (unpaired) electrons. The van der Waals surface area contributed by atoms with Gasteiger partial charge in [0.25, 0.3) is 0 Å². The lowest BCUT2D eigenvalue weighted by Crippen LogP contribution is -2.19. The number of anilines is 1. The molecule has 2 N–H and O–H groups in total. The van der Waals surface area contributed by atoms with E-state index < -0.39 is 12.0 Å². The zero-order valence-corrected chi connectivity index (χ0v) is 22.7. The lowest BCUT2D eigenvalue weighted by atomic mass is 9.98. The summed E-state index contributed by atoms with van der Waals surface area (Å²) >= 11 is 5.91. The van der Waals surface area contributed by atoms with Crippen LogP contribution in [-0.4, -0.2) is 48.2 Å². The van der Waals surface area contributed by atoms with Gasteiger partial charge in [0.05, 0.1) is 17.1 Å². The molecule has 0 saturated carbocycles. The number of hydrogen-bond acceptors (Lipinski definition) is 7. The first kappa shape index (κ1) is 27.2. The number of nitrogens with zero attached hydrogens (tertiary/aromatic N) is 2. The molecule has 0 amide bonds. The molecular weight excluding hydrogens is 506 g/mol. The summed E-state index contributed by atoms with van der Waals surface area (Å²) in [6.07, 6.45) is 0. The van der Waals surface area contributed by atoms with Crippen LogP contribution in [0.4, 0.5) is 5.69 Å². The van der Waals surface area contributed by atoms with E-state index >= 15 is 0 Å². The van der Waals surface area contributed by atoms with Gasteiger partial charge >= 0.3 is 5.97 Å². The number of rotatable bonds is 9. The summed E-state index contributed by atoms with van der Waals surface area (Å²) in [7, 11) is 3.97. The van der Waals surface area contributed by atoms with E-state index in [1.165, 1.54) is 6.07 Å². The van der Waals surface area contributed by atoms with E-state index in [0.29, 0.717) is 40.2 Å². The van der Waals surface area contributed by atoms with Gasteiger partial charge < -0.3 is 24.5 Å². The van der Waals surface area contributed by atoms with E-state index in [-0.39, 0.29) is 16.3 Å². The van der Waals surface area contributed by atoms with Crippen molar-refractivity contribution in [1.29, 1.82) is 0 Å². The van der Waals surface area contributed by atoms with Gasteiger partial charge in [-0.05, 0) is 82.9 Å². The fraction of sp³-hybridized carbons (Fsp3) is 0.276. The fourth-order valence-corrected chi connectivity index (χ4v) is 4.39. The molecule has 0 aliphatic heterocycles. The topological polar surface area (TPSA) is 105 Å². The number of nitrogens with one attached hydrogen (secondary N) is 1. The molecule has 0 aliphatic rings. The second-order valence-corrected chi connectivity index (χ2v) is 9.88. The van der Waals surface area contributed by atoms with E-state index in [1.54, 1.807) is 13.0 Å². The highest BCUT2D eigenvalue weighted by Crippen LogP contribution is 2.33. The van der Waals surface area contributed by atoms with Gasteiger partial charge in [0.1, 0.15) is 28.9 Å². The SMILES string of the molecule is Cc1cc([C@@H](C)Nc2ccc(Cl)nc2C(=O)O)c2oc(-c3ccc(OCCN(C)C)cc3)c(C)c(=O)c2c1. The van der Waals surface area contributed by atoms with Crippen molar-refractivity contribution in [1.82, 2.24) is 9.88 Å². The Morgan fingerprint density at radius 1 is 1.16 bits per heavy atom. The molecule has 2 heterocycles. The third-order valence-corrected chi connectivity index (χ3v) is 6.43. The first-order valence-corrected chi connectivity index (χ1v) is 12.5. The minimum atomic E-state index is -1.20. The average Bonchev–Trinajstić information content (AvgIpc) is 2.87. The smallest absolute Gasteiger partial charge is 0.356 e. The summed E-state index contributed by atoms with van der Waals surface area (Å²) in [6, 6.07) is 13.9. The lowest BCUT2D eigenvalue weighted by Gasteiger charge is -2.19. The molecule has 4 aromatic rings. The largest absolute Gasteiger partial charge is 0.492 e. The molecule has 0 fully saturated rings. The summed E-state index contributed by atoms with van der Waals surface area (Å²) in [5, 5.41) is 13.3. The van der Waals surface area contributed by atoms with Crippen LogP contribution in [-0.2, 0) is 0 Å². The van der Waals surface area contributed by atoms with E-state index in [9.17, 15) is 14.7 Å². The number of halogens is 1. The average molecular weight is 536 g/mol. The lowest BCUT2D eigenvalue weighted by molar-refractivity contribution is 0.0691. The number of ether oxygens (including phenoxy) is 1. The van der Waals surface area contributed by atoms with E-state index in [1.807, 2.05) is 69.2 Å². The highest BCUT2D eigenvalue weighted by molar-refractivity contribution is 6.29. The van der Waals surface area contributed by atoms with E-state index in [0.717, 1.165) is 23.4 Å². The predicted molar refractivity (Wildman–Crippen MR) is 150 cm³/mol. The summed E-state index contributed by atoms with van der Waals surface area (Å²) in [5.41, 5.74) is 3.29. The molecule has 0 unspecified atom stereocenters. The summed E-state index contributed by atoms with van der Waals surface area (Å²) in [5.74, 6) is 0.00486. The third-order valence-electron chi connectivity index (χ3n) is 6.22. The van der Waals surface area contributed by atoms with Gasteiger partial charge in [0, 0.05) is 23.2 Å². The first-order chi connectivity index (χ1) is 18.0. The summed E-state index contributed by atoms with van der Waals surface area (Å²) in [4.78, 5) is 31.1. The van der Waals surface area contributed by atoms with Gasteiger partial charge in [0.15, 0.2) is 11.1 Å². The van der Waals surface area contributed by atoms with E-state index in [2.05, 4.69) is 10.3 Å². The van der Waals surface area contributed by atoms with Crippen molar-refractivity contribution in [2.75, 3.05) is 32.6 Å². The molecule has 0 saturated heterocycles. The fourth-order valence-electron chi connectivity index (χ4n) is 4.24. The van der Waals surface area contributed by atoms with Gasteiger partial charge in [-0.2, -0.15) is 0 Å². The molecule has 8 nitrogen and oxygen atoms in total. The quantitative estimate of drug-likeness (QED) is 0.254. The second-order valence-electron chi connectivity index (χ2n) is 9.49. The predicted octanol–water partition coefficient (Wildman–Crippen LogP) is 5.94. The number of fused-ring (bicyclic) bond motifs is 1. The van der Waals surface area contributed by atoms with Crippen LogP contribution in [0.2, 0.25) is 5.15 Å². The van der Waals surface area contributed by atoms with Crippen molar-refractivity contribution in [2.24, 2.45) is 0 Å². The number of aromatic nitrogens is 1. The number of carboxylic acids is 1. The Bertz CT molecular complexity index is 1550. The first-order valence-electron chi connectivity index (χ1n) is 12.2. The van der Waals surface area contributed by atoms with Crippen LogP contribution < -0.4 is 15.5 Å². The minimum absolute atomic E-state index is 0.0850. The van der Waals surface area contributed by atoms with Crippen LogP contribution in [0.3, 0.4) is 0 Å². The number of carbonyl (C=O) groups is 1. The standard InChI is InChI=1S/C29H30ClN3O5/c1-16-14-21(18(3)31-23-10-11-24(30)32-25(23)29(35)36)28-22(15-16)26(34)17(2)27(38-28)19-6-8-20(9-7-19)37-13-12-33(4)5/h6-11,14-15,18,31H,12-13H2,1-5H3,(H,35,36)/t18-/m1/s1. The number of aromatic carboxylic acids is 1. The van der Waals surface area contributed by atoms with Crippen LogP contribution in [0, 0.1) is 13.8 Å². The minimum Gasteiger partial charge on any atom is -0.492 e. The molecule has 198 valence electrons. The highest BCUT2D eigenvalue weighted by Gasteiger charge is 2.21. The van der Waals surface area contributed by atoms with Crippen LogP contribution in [0.25, 0.3) is 22.3 Å². The van der Waals surface area contributed by atoms with Gasteiger partial charge in [-0.1, -0.05) is 17.7 Å². The van der Waals surface area contributed by atoms with Crippen molar-refractivity contribution >= 4 is 34.2 Å². The number of benzene rings is 2. The number of likely N-dealkylation sites (N-methyl/N-ethyl adjacent to an activating group) is 1. The highest BCUT2D eigenvalue weighted by atomic mass is 35.5. The molecule has 2 aromatic heterocycles. The van der Waals surface area contributed by atoms with Gasteiger partial charge in [-0.25, -0.2) is 9.78 Å². The Kier molecular flexibility index (Phi) is 8.04. The van der Waals surface area contributed by atoms with Gasteiger partial charge in [0.2, 0.25) is 0 Å². The third kappa shape index (κ3) is 5.82. The van der Waals surface area contributed by atoms with Crippen molar-refractivity contribution in [2.45, 2.75) is 26.8 Å². The van der Waals surface area contributed by atoms with Crippen LogP contribution >= 0.6 is 11.6 Å². The number of pyridine rings is 1. The monoisotopic (exact) mass is 535 g/mol. The maximum Gasteiger partial charge on any atom is 0.356 e. The number of hydrogen-bond donors (Lipinski definition) is 2. The normalized spacial score (nSPS) is 12.1. The van der Waals surface area contributed by atoms with Crippen molar-refractivity contribution in [3.8, 4) is 17.1 Å². The Balaban J connectivity index is 1.75. The zero-order valence-electron chi connectivity index (χ0n) is 22.0. The van der Waals surface area contributed by atoms with Crippen LogP contribution in [0.1, 0.15) is 40.1 Å². The Morgan fingerprint density at radius 2 is 1.87 bits per heavy atom. The molecule has 0 spiro atoms. The molecule has 0 aliphatic carbocycles. The molecule has 1 atom stereocenters. The Labute approximate surface area is 225 Å². The van der Waals surface area contributed by atoms with Gasteiger partial charge in [-0.3, -0.25) is 4.79 Å². The molecular formula is C29H30ClN3O5. The maximum absolute atomic E-state index is 13.4. The number of aryl methyl sites for hydroxylation is 1. The summed E-state index contributed by atoms with van der Waals surface area (Å²) < 4.78 is 12.2. The zero-order chi connectivity index (χ0) is 27.6. The van der Waals surface area contributed by atoms with Crippen LogP contribution in [0.15, 0.2) is 57.7 Å². The second kappa shape index (κ2) is 11.2. The van der Waals surface area contributed by atoms with Gasteiger partial charge in [-0.15, -0.1) is 0 Å². The molecule has 0 bridgehead atoms. The van der Waals surface area contributed by atoms with Crippen molar-refractivity contribution in [3.63, 3.8) is 0 Å². The maximum atomic E-state index is 13.4. The van der Waals surface area contributed by atoms with Crippen molar-refractivity contribution in [3.05, 3.63) is 86.3 Å². The molecule has 2 aromatic carbocycles. The summed E-state index contributed by atoms with van der Waals surface area (Å²) in [6.45, 7) is 6.89. The Hall–Kier alpha value is -3.88. The Morgan fingerprint density at radius 3 is 2.53 bits per heavy atom. The number of carboxylic acid groups (broad SMARTS) is 1. The van der Waals surface area contributed by atoms with Crippen LogP contribution in [0.5, 0.6) is 5.75 Å². The molecule has 9 heteroatoms. The molecule has 4 rings (SSSR count).